The number of amides is 1. The molecular weight excluding hydrogens is 242 g/mol. The second-order valence-electron chi connectivity index (χ2n) is 4.05. The van der Waals surface area contributed by atoms with Gasteiger partial charge in [0.1, 0.15) is 5.56 Å². The third kappa shape index (κ3) is 2.23. The molecule has 0 aliphatic carbocycles. The van der Waals surface area contributed by atoms with Crippen molar-refractivity contribution < 1.29 is 14.8 Å². The molecule has 1 aliphatic rings. The number of β-amino-alcohol motifs (C(OH)–C–C–N with tert-alkyl or cyclic N) is 1. The summed E-state index contributed by atoms with van der Waals surface area (Å²) in [5, 5.41) is 19.9. The van der Waals surface area contributed by atoms with Crippen LogP contribution in [0.2, 0.25) is 0 Å². The molecule has 0 saturated carbocycles. The zero-order chi connectivity index (χ0) is 13.3. The smallest absolute Gasteiger partial charge is 0.286 e. The van der Waals surface area contributed by atoms with Crippen LogP contribution >= 0.6 is 0 Å². The van der Waals surface area contributed by atoms with E-state index in [4.69, 9.17) is 0 Å². The molecule has 0 spiro atoms. The summed E-state index contributed by atoms with van der Waals surface area (Å²) in [4.78, 5) is 36.8. The molecule has 18 heavy (non-hydrogen) atoms. The average molecular weight is 253 g/mol. The van der Waals surface area contributed by atoms with Gasteiger partial charge in [0.25, 0.3) is 17.2 Å². The lowest BCUT2D eigenvalue weighted by molar-refractivity contribution is -0.385. The molecule has 1 atom stereocenters. The lowest BCUT2D eigenvalue weighted by Crippen LogP contribution is -2.33. The van der Waals surface area contributed by atoms with Gasteiger partial charge in [-0.05, 0) is 6.42 Å². The maximum absolute atomic E-state index is 12.0. The number of aliphatic hydroxyl groups is 1. The van der Waals surface area contributed by atoms with E-state index in [1.54, 1.807) is 0 Å². The van der Waals surface area contributed by atoms with Crippen LogP contribution in [0.3, 0.4) is 0 Å². The van der Waals surface area contributed by atoms with Gasteiger partial charge in [-0.1, -0.05) is 0 Å². The van der Waals surface area contributed by atoms with E-state index >= 15 is 0 Å². The normalized spacial score (nSPS) is 18.9. The fourth-order valence-electron chi connectivity index (χ4n) is 1.83. The minimum absolute atomic E-state index is 0.140. The molecule has 1 amide bonds. The van der Waals surface area contributed by atoms with Gasteiger partial charge in [0.2, 0.25) is 0 Å². The van der Waals surface area contributed by atoms with E-state index in [1.807, 2.05) is 0 Å². The highest BCUT2D eigenvalue weighted by Crippen LogP contribution is 2.14. The van der Waals surface area contributed by atoms with Crippen LogP contribution in [-0.4, -0.2) is 45.0 Å². The van der Waals surface area contributed by atoms with Crippen molar-refractivity contribution in [2.75, 3.05) is 13.1 Å². The molecule has 0 bridgehead atoms. The molecule has 2 N–H and O–H groups in total. The number of nitrogens with zero attached hydrogens (tertiary/aromatic N) is 2. The van der Waals surface area contributed by atoms with Crippen molar-refractivity contribution in [1.82, 2.24) is 9.88 Å². The maximum atomic E-state index is 12.0. The zero-order valence-corrected chi connectivity index (χ0v) is 9.33. The minimum atomic E-state index is -0.689. The Morgan fingerprint density at radius 1 is 1.61 bits per heavy atom. The number of aromatic amines is 1. The van der Waals surface area contributed by atoms with Gasteiger partial charge in [0, 0.05) is 19.2 Å². The SMILES string of the molecule is O=C(c1cc([N+](=O)[O-])c[nH]c1=O)N1CCC(O)C1. The monoisotopic (exact) mass is 253 g/mol. The number of hydrogen-bond acceptors (Lipinski definition) is 5. The first-order valence-corrected chi connectivity index (χ1v) is 5.33. The lowest BCUT2D eigenvalue weighted by Gasteiger charge is -2.14. The summed E-state index contributed by atoms with van der Waals surface area (Å²) in [6.45, 7) is 0.475. The van der Waals surface area contributed by atoms with Gasteiger partial charge in [-0.25, -0.2) is 0 Å². The Bertz CT molecular complexity index is 553. The molecule has 0 aromatic carbocycles. The fourth-order valence-corrected chi connectivity index (χ4v) is 1.83. The highest BCUT2D eigenvalue weighted by Gasteiger charge is 2.27. The highest BCUT2D eigenvalue weighted by molar-refractivity contribution is 5.94. The molecule has 1 unspecified atom stereocenters. The number of aliphatic hydroxyl groups excluding tert-OH is 1. The van der Waals surface area contributed by atoms with Crippen molar-refractivity contribution in [2.45, 2.75) is 12.5 Å². The molecule has 1 aliphatic heterocycles. The van der Waals surface area contributed by atoms with E-state index in [9.17, 15) is 24.8 Å². The van der Waals surface area contributed by atoms with Crippen molar-refractivity contribution in [3.63, 3.8) is 0 Å². The number of pyridine rings is 1. The van der Waals surface area contributed by atoms with Gasteiger partial charge in [-0.3, -0.25) is 19.7 Å². The minimum Gasteiger partial charge on any atom is -0.391 e. The second kappa shape index (κ2) is 4.57. The summed E-state index contributed by atoms with van der Waals surface area (Å²) in [6.07, 6.45) is 0.781. The Morgan fingerprint density at radius 3 is 2.89 bits per heavy atom. The first kappa shape index (κ1) is 12.2. The highest BCUT2D eigenvalue weighted by atomic mass is 16.6. The first-order valence-electron chi connectivity index (χ1n) is 5.33. The molecule has 1 saturated heterocycles. The number of rotatable bonds is 2. The van der Waals surface area contributed by atoms with Gasteiger partial charge in [-0.2, -0.15) is 0 Å². The Hall–Kier alpha value is -2.22. The second-order valence-corrected chi connectivity index (χ2v) is 4.05. The van der Waals surface area contributed by atoms with E-state index < -0.39 is 22.5 Å². The summed E-state index contributed by atoms with van der Waals surface area (Å²) in [6, 6.07) is 0.950. The van der Waals surface area contributed by atoms with Crippen molar-refractivity contribution in [1.29, 1.82) is 0 Å². The standard InChI is InChI=1S/C10H11N3O5/c14-7-1-2-12(5-7)10(16)8-3-6(13(17)18)4-11-9(8)15/h3-4,7,14H,1-2,5H2,(H,11,15). The number of carbonyl (C=O) groups excluding carboxylic acids is 1. The topological polar surface area (TPSA) is 117 Å². The van der Waals surface area contributed by atoms with Gasteiger partial charge in [-0.15, -0.1) is 0 Å². The molecule has 1 fully saturated rings. The van der Waals surface area contributed by atoms with Crippen LogP contribution in [0.5, 0.6) is 0 Å². The molecule has 1 aromatic rings. The largest absolute Gasteiger partial charge is 0.391 e. The molecule has 1 aromatic heterocycles. The molecule has 8 nitrogen and oxygen atoms in total. The third-order valence-electron chi connectivity index (χ3n) is 2.78. The molecule has 0 radical (unpaired) electrons. The summed E-state index contributed by atoms with van der Waals surface area (Å²) >= 11 is 0. The van der Waals surface area contributed by atoms with Crippen LogP contribution in [0.15, 0.2) is 17.1 Å². The van der Waals surface area contributed by atoms with Crippen molar-refractivity contribution >= 4 is 11.6 Å². The Balaban J connectivity index is 2.32. The van der Waals surface area contributed by atoms with Crippen LogP contribution in [0.25, 0.3) is 0 Å². The molecule has 8 heteroatoms. The van der Waals surface area contributed by atoms with Crippen LogP contribution in [0.4, 0.5) is 5.69 Å². The van der Waals surface area contributed by atoms with Crippen molar-refractivity contribution in [2.24, 2.45) is 0 Å². The number of hydrogen-bond donors (Lipinski definition) is 2. The van der Waals surface area contributed by atoms with E-state index in [0.29, 0.717) is 13.0 Å². The predicted molar refractivity (Wildman–Crippen MR) is 60.2 cm³/mol. The van der Waals surface area contributed by atoms with Gasteiger partial charge in [0.05, 0.1) is 17.2 Å². The maximum Gasteiger partial charge on any atom is 0.286 e. The van der Waals surface area contributed by atoms with Crippen molar-refractivity contribution in [3.8, 4) is 0 Å². The summed E-state index contributed by atoms with van der Waals surface area (Å²) in [5.41, 5.74) is -1.30. The molecule has 2 rings (SSSR count). The number of aromatic nitrogens is 1. The van der Waals surface area contributed by atoms with Crippen LogP contribution in [0.1, 0.15) is 16.8 Å². The first-order chi connectivity index (χ1) is 8.49. The number of nitro groups is 1. The fraction of sp³-hybridized carbons (Fsp3) is 0.400. The number of carbonyl (C=O) groups is 1. The van der Waals surface area contributed by atoms with E-state index in [0.717, 1.165) is 12.3 Å². The number of likely N-dealkylation sites (tertiary alicyclic amines) is 1. The predicted octanol–water partition coefficient (Wildman–Crippen LogP) is -0.510. The lowest BCUT2D eigenvalue weighted by atomic mass is 10.2. The van der Waals surface area contributed by atoms with Gasteiger partial charge in [0.15, 0.2) is 0 Å². The van der Waals surface area contributed by atoms with Crippen LogP contribution < -0.4 is 5.56 Å². The summed E-state index contributed by atoms with van der Waals surface area (Å²) in [7, 11) is 0. The van der Waals surface area contributed by atoms with Crippen LogP contribution in [0, 0.1) is 10.1 Å². The Morgan fingerprint density at radius 2 is 2.33 bits per heavy atom. The molecule has 2 heterocycles. The molecular formula is C10H11N3O5. The number of nitrogens with one attached hydrogen (secondary N) is 1. The van der Waals surface area contributed by atoms with E-state index in [1.165, 1.54) is 4.90 Å². The zero-order valence-electron chi connectivity index (χ0n) is 9.33. The van der Waals surface area contributed by atoms with Gasteiger partial charge >= 0.3 is 0 Å². The van der Waals surface area contributed by atoms with Crippen LogP contribution in [-0.2, 0) is 0 Å². The summed E-state index contributed by atoms with van der Waals surface area (Å²) in [5.74, 6) is -0.600. The average Bonchev–Trinajstić information content (AvgIpc) is 2.75. The molecule has 96 valence electrons. The Kier molecular flexibility index (Phi) is 3.11. The number of H-pyrrole nitrogens is 1. The Labute approximate surface area is 101 Å². The van der Waals surface area contributed by atoms with E-state index in [2.05, 4.69) is 4.98 Å². The quantitative estimate of drug-likeness (QED) is 0.543. The van der Waals surface area contributed by atoms with E-state index in [-0.39, 0.29) is 17.8 Å². The van der Waals surface area contributed by atoms with Crippen molar-refractivity contribution in [3.05, 3.63) is 38.3 Å². The van der Waals surface area contributed by atoms with Gasteiger partial charge < -0.3 is 15.0 Å². The third-order valence-corrected chi connectivity index (χ3v) is 2.78. The summed E-state index contributed by atoms with van der Waals surface area (Å²) < 4.78 is 0.